The molecule has 0 aliphatic heterocycles. The molecule has 0 saturated heterocycles. The number of hydrogen-bond donors (Lipinski definition) is 1. The summed E-state index contributed by atoms with van der Waals surface area (Å²) in [5.41, 5.74) is -0.687. The zero-order valence-corrected chi connectivity index (χ0v) is 16.3. The summed E-state index contributed by atoms with van der Waals surface area (Å²) in [7, 11) is 1.35. The highest BCUT2D eigenvalue weighted by Crippen LogP contribution is 2.31. The first-order valence-corrected chi connectivity index (χ1v) is 9.26. The number of aromatic nitrogens is 2. The summed E-state index contributed by atoms with van der Waals surface area (Å²) < 4.78 is 45.8. The van der Waals surface area contributed by atoms with Gasteiger partial charge in [0.25, 0.3) is 5.91 Å². The third-order valence-electron chi connectivity index (χ3n) is 3.92. The summed E-state index contributed by atoms with van der Waals surface area (Å²) in [4.78, 5) is 13.5. The Bertz CT molecular complexity index is 1000. The van der Waals surface area contributed by atoms with Crippen LogP contribution in [0.15, 0.2) is 42.6 Å². The van der Waals surface area contributed by atoms with E-state index in [0.29, 0.717) is 4.34 Å². The van der Waals surface area contributed by atoms with Gasteiger partial charge in [-0.15, -0.1) is 11.3 Å². The third-order valence-corrected chi connectivity index (χ3v) is 5.34. The molecule has 5 nitrogen and oxygen atoms in total. The van der Waals surface area contributed by atoms with Crippen molar-refractivity contribution in [1.82, 2.24) is 15.1 Å². The number of halogens is 4. The van der Waals surface area contributed by atoms with Gasteiger partial charge in [-0.1, -0.05) is 17.7 Å². The number of carbonyl (C=O) groups excluding carboxylic acids is 1. The minimum Gasteiger partial charge on any atom is -0.493 e. The van der Waals surface area contributed by atoms with E-state index >= 15 is 0 Å². The number of hydrogen-bond acceptors (Lipinski definition) is 4. The van der Waals surface area contributed by atoms with Crippen LogP contribution in [0.1, 0.15) is 33.9 Å². The summed E-state index contributed by atoms with van der Waals surface area (Å²) in [5, 5.41) is 6.89. The molecule has 0 saturated carbocycles. The SMILES string of the molecule is COc1cn(-c2cccc(C(F)(F)F)c2)nc1C(=O)NC(C)c1ccc(Cl)s1. The molecule has 0 radical (unpaired) electrons. The number of ether oxygens (including phenoxy) is 1. The molecule has 3 rings (SSSR count). The lowest BCUT2D eigenvalue weighted by molar-refractivity contribution is -0.137. The van der Waals surface area contributed by atoms with Gasteiger partial charge >= 0.3 is 6.18 Å². The van der Waals surface area contributed by atoms with Gasteiger partial charge in [-0.05, 0) is 37.3 Å². The van der Waals surface area contributed by atoms with Crippen LogP contribution in [0.2, 0.25) is 4.34 Å². The van der Waals surface area contributed by atoms with E-state index in [4.69, 9.17) is 16.3 Å². The lowest BCUT2D eigenvalue weighted by Gasteiger charge is -2.11. The average molecular weight is 430 g/mol. The quantitative estimate of drug-likeness (QED) is 0.613. The van der Waals surface area contributed by atoms with Crippen LogP contribution in [0.5, 0.6) is 5.75 Å². The molecule has 1 aromatic carbocycles. The van der Waals surface area contributed by atoms with E-state index in [1.165, 1.54) is 41.5 Å². The molecule has 0 bridgehead atoms. The van der Waals surface area contributed by atoms with Crippen LogP contribution in [-0.4, -0.2) is 22.8 Å². The minimum absolute atomic E-state index is 0.0329. The van der Waals surface area contributed by atoms with E-state index in [9.17, 15) is 18.0 Å². The second-order valence-electron chi connectivity index (χ2n) is 5.88. The van der Waals surface area contributed by atoms with Crippen LogP contribution < -0.4 is 10.1 Å². The number of carbonyl (C=O) groups is 1. The molecule has 0 fully saturated rings. The van der Waals surface area contributed by atoms with Crippen LogP contribution in [-0.2, 0) is 6.18 Å². The Labute approximate surface area is 167 Å². The fourth-order valence-electron chi connectivity index (χ4n) is 2.52. The monoisotopic (exact) mass is 429 g/mol. The Morgan fingerprint density at radius 2 is 2.07 bits per heavy atom. The van der Waals surface area contributed by atoms with E-state index in [0.717, 1.165) is 17.0 Å². The number of amides is 1. The topological polar surface area (TPSA) is 56.2 Å². The summed E-state index contributed by atoms with van der Waals surface area (Å²) in [6.07, 6.45) is -3.12. The summed E-state index contributed by atoms with van der Waals surface area (Å²) in [5.74, 6) is -0.370. The standard InChI is InChI=1S/C18H15ClF3N3O2S/c1-10(14-6-7-15(19)28-14)23-17(26)16-13(27-2)9-25(24-16)12-5-3-4-11(8-12)18(20,21)22/h3-10H,1-2H3,(H,23,26). The van der Waals surface area contributed by atoms with Gasteiger partial charge in [0.1, 0.15) is 0 Å². The predicted molar refractivity (Wildman–Crippen MR) is 100 cm³/mol. The summed E-state index contributed by atoms with van der Waals surface area (Å²) >= 11 is 7.25. The van der Waals surface area contributed by atoms with Crippen molar-refractivity contribution in [2.75, 3.05) is 7.11 Å². The second-order valence-corrected chi connectivity index (χ2v) is 7.62. The maximum atomic E-state index is 12.9. The highest BCUT2D eigenvalue weighted by Gasteiger charge is 2.31. The van der Waals surface area contributed by atoms with E-state index in [2.05, 4.69) is 10.4 Å². The fraction of sp³-hybridized carbons (Fsp3) is 0.222. The molecule has 0 aliphatic carbocycles. The minimum atomic E-state index is -4.48. The number of methoxy groups -OCH3 is 1. The molecule has 0 aliphatic rings. The molecule has 1 atom stereocenters. The van der Waals surface area contributed by atoms with Crippen molar-refractivity contribution in [2.45, 2.75) is 19.1 Å². The van der Waals surface area contributed by atoms with Gasteiger partial charge in [0.2, 0.25) is 0 Å². The van der Waals surface area contributed by atoms with Crippen molar-refractivity contribution in [3.63, 3.8) is 0 Å². The van der Waals surface area contributed by atoms with Crippen LogP contribution in [0.3, 0.4) is 0 Å². The van der Waals surface area contributed by atoms with E-state index in [1.54, 1.807) is 19.1 Å². The molecule has 28 heavy (non-hydrogen) atoms. The van der Waals surface area contributed by atoms with Crippen molar-refractivity contribution in [3.05, 3.63) is 63.1 Å². The number of thiophene rings is 1. The Morgan fingerprint density at radius 3 is 2.68 bits per heavy atom. The van der Waals surface area contributed by atoms with Crippen LogP contribution in [0.4, 0.5) is 13.2 Å². The molecular formula is C18H15ClF3N3O2S. The molecule has 1 unspecified atom stereocenters. The first kappa shape index (κ1) is 20.2. The molecule has 2 aromatic heterocycles. The zero-order chi connectivity index (χ0) is 20.5. The van der Waals surface area contributed by atoms with Gasteiger partial charge in [0.05, 0.1) is 34.9 Å². The molecular weight excluding hydrogens is 415 g/mol. The Balaban J connectivity index is 1.87. The Hall–Kier alpha value is -2.52. The highest BCUT2D eigenvalue weighted by molar-refractivity contribution is 7.16. The van der Waals surface area contributed by atoms with Crippen LogP contribution >= 0.6 is 22.9 Å². The fourth-order valence-corrected chi connectivity index (χ4v) is 3.58. The van der Waals surface area contributed by atoms with Gasteiger partial charge in [-0.3, -0.25) is 4.79 Å². The van der Waals surface area contributed by atoms with Gasteiger partial charge in [-0.2, -0.15) is 18.3 Å². The van der Waals surface area contributed by atoms with Crippen molar-refractivity contribution < 1.29 is 22.7 Å². The molecule has 1 amide bonds. The van der Waals surface area contributed by atoms with Crippen molar-refractivity contribution in [3.8, 4) is 11.4 Å². The number of nitrogens with zero attached hydrogens (tertiary/aromatic N) is 2. The van der Waals surface area contributed by atoms with Gasteiger partial charge < -0.3 is 10.1 Å². The Morgan fingerprint density at radius 1 is 1.32 bits per heavy atom. The maximum absolute atomic E-state index is 12.9. The van der Waals surface area contributed by atoms with Crippen molar-refractivity contribution in [1.29, 1.82) is 0 Å². The number of benzene rings is 1. The maximum Gasteiger partial charge on any atom is 0.416 e. The lowest BCUT2D eigenvalue weighted by Crippen LogP contribution is -2.27. The number of rotatable bonds is 5. The predicted octanol–water partition coefficient (Wildman–Crippen LogP) is 5.11. The normalized spacial score (nSPS) is 12.6. The van der Waals surface area contributed by atoms with Crippen LogP contribution in [0, 0.1) is 0 Å². The van der Waals surface area contributed by atoms with E-state index in [-0.39, 0.29) is 23.2 Å². The molecule has 2 heterocycles. The van der Waals surface area contributed by atoms with Gasteiger partial charge in [-0.25, -0.2) is 4.68 Å². The highest BCUT2D eigenvalue weighted by atomic mass is 35.5. The first-order chi connectivity index (χ1) is 13.2. The van der Waals surface area contributed by atoms with Crippen molar-refractivity contribution >= 4 is 28.8 Å². The largest absolute Gasteiger partial charge is 0.493 e. The molecule has 0 spiro atoms. The summed E-state index contributed by atoms with van der Waals surface area (Å²) in [6, 6.07) is 7.85. The molecule has 10 heteroatoms. The average Bonchev–Trinajstić information content (AvgIpc) is 3.27. The number of nitrogens with one attached hydrogen (secondary N) is 1. The smallest absolute Gasteiger partial charge is 0.416 e. The Kier molecular flexibility index (Phi) is 5.66. The van der Waals surface area contributed by atoms with E-state index in [1.807, 2.05) is 0 Å². The second kappa shape index (κ2) is 7.84. The third kappa shape index (κ3) is 4.31. The first-order valence-electron chi connectivity index (χ1n) is 8.06. The van der Waals surface area contributed by atoms with Crippen molar-refractivity contribution in [2.24, 2.45) is 0 Å². The summed E-state index contributed by atoms with van der Waals surface area (Å²) in [6.45, 7) is 1.79. The van der Waals surface area contributed by atoms with E-state index < -0.39 is 17.6 Å². The van der Waals surface area contributed by atoms with Gasteiger partial charge in [0, 0.05) is 4.88 Å². The molecule has 3 aromatic rings. The lowest BCUT2D eigenvalue weighted by atomic mass is 10.2. The number of alkyl halides is 3. The molecule has 148 valence electrons. The zero-order valence-electron chi connectivity index (χ0n) is 14.7. The van der Waals surface area contributed by atoms with Gasteiger partial charge in [0.15, 0.2) is 11.4 Å². The van der Waals surface area contributed by atoms with Crippen LogP contribution in [0.25, 0.3) is 5.69 Å². The molecule has 1 N–H and O–H groups in total.